The number of aryl methyl sites for hydroxylation is 1. The zero-order chi connectivity index (χ0) is 36.4. The fraction of sp³-hybridized carbons (Fsp3) is 0.538. The van der Waals surface area contributed by atoms with Crippen molar-refractivity contribution in [1.29, 1.82) is 0 Å². The van der Waals surface area contributed by atoms with Crippen molar-refractivity contribution in [3.63, 3.8) is 0 Å². The molecule has 2 amide bonds. The van der Waals surface area contributed by atoms with Crippen molar-refractivity contribution in [2.45, 2.75) is 95.5 Å². The van der Waals surface area contributed by atoms with Crippen molar-refractivity contribution in [1.82, 2.24) is 4.72 Å². The number of allylic oxidation sites excluding steroid dienone is 1. The molecule has 272 valence electrons. The Labute approximate surface area is 302 Å². The molecule has 0 saturated heterocycles. The van der Waals surface area contributed by atoms with Crippen LogP contribution < -0.4 is 14.4 Å². The van der Waals surface area contributed by atoms with Crippen LogP contribution in [-0.2, 0) is 26.5 Å². The van der Waals surface area contributed by atoms with Crippen molar-refractivity contribution in [2.75, 3.05) is 24.6 Å². The topological polar surface area (TPSA) is 118 Å². The average Bonchev–Trinajstić information content (AvgIpc) is 3.18. The third-order valence-corrected chi connectivity index (χ3v) is 13.2. The number of ether oxygens (including phenoxy) is 2. The zero-order valence-electron chi connectivity index (χ0n) is 30.0. The molecule has 1 spiro atoms. The maximum atomic E-state index is 14.4. The summed E-state index contributed by atoms with van der Waals surface area (Å²) in [5.41, 5.74) is 2.26. The molecule has 7 atom stereocenters. The maximum Gasteiger partial charge on any atom is 0.420 e. The summed E-state index contributed by atoms with van der Waals surface area (Å²) in [6, 6.07) is 11.3. The summed E-state index contributed by atoms with van der Waals surface area (Å²) in [6.45, 7) is 18.1. The lowest BCUT2D eigenvalue weighted by molar-refractivity contribution is 0.0459. The second-order valence-electron chi connectivity index (χ2n) is 15.3. The highest BCUT2D eigenvalue weighted by Gasteiger charge is 2.44. The van der Waals surface area contributed by atoms with Gasteiger partial charge in [-0.25, -0.2) is 13.7 Å². The highest BCUT2D eigenvalue weighted by Crippen LogP contribution is 2.46. The van der Waals surface area contributed by atoms with Gasteiger partial charge in [0.05, 0.1) is 23.6 Å². The number of halogens is 1. The first kappa shape index (κ1) is 37.9. The lowest BCUT2D eigenvalue weighted by atomic mass is 9.68. The third kappa shape index (κ3) is 8.24. The zero-order valence-corrected chi connectivity index (χ0v) is 31.5. The predicted octanol–water partition coefficient (Wildman–Crippen LogP) is 8.03. The molecule has 1 aliphatic heterocycles. The molecule has 1 unspecified atom stereocenters. The molecule has 0 bridgehead atoms. The number of aliphatic hydroxyl groups excluding tert-OH is 1. The number of aliphatic hydroxyl groups is 1. The second-order valence-corrected chi connectivity index (χ2v) is 18.0. The first-order valence-electron chi connectivity index (χ1n) is 17.6. The van der Waals surface area contributed by atoms with Gasteiger partial charge in [-0.1, -0.05) is 36.7 Å². The molecule has 2 aliphatic carbocycles. The summed E-state index contributed by atoms with van der Waals surface area (Å²) in [5, 5.41) is 10.7. The number of amides is 2. The number of benzene rings is 2. The maximum absolute atomic E-state index is 14.4. The SMILES string of the molecule is C=CC[C@H](C)[C@@H](C)S(=O)(=NC(=O)c1ccc2c(c1)N(C[C@@H]1CC[C@H]1[C@@H](O)C=C)C[C@@]1(CCCc3cc(Cl)ccc31)CO2)NC(=O)OC(C)(C)C. The summed E-state index contributed by atoms with van der Waals surface area (Å²) in [5.74, 6) is 0.0309. The lowest BCUT2D eigenvalue weighted by Gasteiger charge is -2.45. The van der Waals surface area contributed by atoms with E-state index in [0.717, 1.165) is 37.8 Å². The third-order valence-electron chi connectivity index (χ3n) is 10.6. The second kappa shape index (κ2) is 15.1. The number of hydrogen-bond donors (Lipinski definition) is 2. The van der Waals surface area contributed by atoms with Gasteiger partial charge in [0, 0.05) is 29.1 Å². The number of hydrogen-bond acceptors (Lipinski definition) is 7. The van der Waals surface area contributed by atoms with Crippen LogP contribution in [0.25, 0.3) is 0 Å². The average molecular weight is 726 g/mol. The smallest absolute Gasteiger partial charge is 0.420 e. The van der Waals surface area contributed by atoms with E-state index in [1.165, 1.54) is 11.1 Å². The molecular formula is C39H52ClN3O6S. The minimum Gasteiger partial charge on any atom is -0.490 e. The Morgan fingerprint density at radius 1 is 1.22 bits per heavy atom. The number of anilines is 1. The van der Waals surface area contributed by atoms with Crippen LogP contribution >= 0.6 is 11.6 Å². The Balaban J connectivity index is 1.55. The molecule has 1 fully saturated rings. The largest absolute Gasteiger partial charge is 0.490 e. The molecule has 2 aromatic carbocycles. The van der Waals surface area contributed by atoms with Gasteiger partial charge in [0.2, 0.25) is 0 Å². The van der Waals surface area contributed by atoms with Crippen LogP contribution in [0, 0.1) is 17.8 Å². The summed E-state index contributed by atoms with van der Waals surface area (Å²) in [4.78, 5) is 29.1. The van der Waals surface area contributed by atoms with Crippen molar-refractivity contribution in [3.8, 4) is 5.75 Å². The first-order chi connectivity index (χ1) is 23.6. The van der Waals surface area contributed by atoms with Gasteiger partial charge in [-0.2, -0.15) is 0 Å². The van der Waals surface area contributed by atoms with Gasteiger partial charge in [-0.15, -0.1) is 17.5 Å². The molecule has 11 heteroatoms. The van der Waals surface area contributed by atoms with Crippen molar-refractivity contribution < 1.29 is 28.4 Å². The van der Waals surface area contributed by atoms with Crippen LogP contribution in [0.15, 0.2) is 66.1 Å². The number of nitrogens with one attached hydrogen (secondary N) is 1. The van der Waals surface area contributed by atoms with Crippen LogP contribution in [0.1, 0.15) is 88.2 Å². The Bertz CT molecular complexity index is 1750. The predicted molar refractivity (Wildman–Crippen MR) is 200 cm³/mol. The molecule has 5 rings (SSSR count). The molecule has 0 radical (unpaired) electrons. The minimum atomic E-state index is -3.63. The van der Waals surface area contributed by atoms with E-state index >= 15 is 0 Å². The summed E-state index contributed by atoms with van der Waals surface area (Å²) in [7, 11) is -3.63. The Kier molecular flexibility index (Phi) is 11.4. The van der Waals surface area contributed by atoms with Gasteiger partial charge in [0.25, 0.3) is 5.91 Å². The van der Waals surface area contributed by atoms with E-state index in [1.807, 2.05) is 13.0 Å². The molecular weight excluding hydrogens is 674 g/mol. The van der Waals surface area contributed by atoms with Crippen LogP contribution in [0.3, 0.4) is 0 Å². The summed E-state index contributed by atoms with van der Waals surface area (Å²) < 4.78 is 33.1. The van der Waals surface area contributed by atoms with Crippen LogP contribution in [0.4, 0.5) is 10.5 Å². The quantitative estimate of drug-likeness (QED) is 0.238. The number of carbonyl (C=O) groups excluding carboxylic acids is 2. The fourth-order valence-corrected chi connectivity index (χ4v) is 9.50. The van der Waals surface area contributed by atoms with Gasteiger partial charge in [0.1, 0.15) is 21.3 Å². The molecule has 1 heterocycles. The van der Waals surface area contributed by atoms with E-state index < -0.39 is 38.9 Å². The van der Waals surface area contributed by atoms with Crippen LogP contribution in [0.2, 0.25) is 5.02 Å². The van der Waals surface area contributed by atoms with Crippen molar-refractivity contribution >= 4 is 39.2 Å². The Morgan fingerprint density at radius 2 is 1.98 bits per heavy atom. The first-order valence-corrected chi connectivity index (χ1v) is 19.6. The van der Waals surface area contributed by atoms with Gasteiger partial charge >= 0.3 is 6.09 Å². The highest BCUT2D eigenvalue weighted by molar-refractivity contribution is 7.93. The van der Waals surface area contributed by atoms with E-state index in [4.69, 9.17) is 21.1 Å². The van der Waals surface area contributed by atoms with E-state index in [2.05, 4.69) is 39.3 Å². The van der Waals surface area contributed by atoms with Crippen molar-refractivity contribution in [3.05, 3.63) is 83.4 Å². The Morgan fingerprint density at radius 3 is 2.64 bits per heavy atom. The number of carbonyl (C=O) groups is 2. The lowest BCUT2D eigenvalue weighted by Crippen LogP contribution is -2.49. The molecule has 1 saturated carbocycles. The molecule has 9 nitrogen and oxygen atoms in total. The number of nitrogens with zero attached hydrogens (tertiary/aromatic N) is 2. The van der Waals surface area contributed by atoms with E-state index in [0.29, 0.717) is 36.9 Å². The molecule has 3 aliphatic rings. The van der Waals surface area contributed by atoms with Gasteiger partial charge in [-0.05, 0) is 125 Å². The standard InChI is InChI=1S/C39H52ClN3O6S/c1-8-11-25(3)26(4)50(47,42-37(46)49-38(5,6)7)41-36(45)28-14-18-35-33(21-28)43(22-29-13-16-31(29)34(44)9-2)23-39(24-48-35)19-10-12-27-20-30(40)15-17-32(27)39/h8-9,14-15,17-18,20-21,25-26,29,31,34,44H,1-2,10-13,16,19,22-24H2,3-7H3,(H,41,42,45,46,47)/t25-,26+,29-,31+,34-,39-,50?/m0/s1. The number of rotatable bonds is 10. The summed E-state index contributed by atoms with van der Waals surface area (Å²) in [6.07, 6.45) is 7.09. The van der Waals surface area contributed by atoms with Crippen LogP contribution in [-0.4, -0.2) is 58.0 Å². The van der Waals surface area contributed by atoms with Gasteiger partial charge < -0.3 is 19.5 Å². The minimum absolute atomic E-state index is 0.0935. The van der Waals surface area contributed by atoms with Gasteiger partial charge in [-0.3, -0.25) is 4.79 Å². The molecule has 50 heavy (non-hydrogen) atoms. The molecule has 2 N–H and O–H groups in total. The van der Waals surface area contributed by atoms with Gasteiger partial charge in [0.15, 0.2) is 0 Å². The highest BCUT2D eigenvalue weighted by atomic mass is 35.5. The molecule has 2 aromatic rings. The fourth-order valence-electron chi connectivity index (χ4n) is 7.54. The van der Waals surface area contributed by atoms with Crippen molar-refractivity contribution in [2.24, 2.45) is 22.1 Å². The monoisotopic (exact) mass is 725 g/mol. The Hall–Kier alpha value is -3.34. The normalized spacial score (nSPS) is 24.4. The van der Waals surface area contributed by atoms with E-state index in [1.54, 1.807) is 58.0 Å². The van der Waals surface area contributed by atoms with E-state index in [-0.39, 0.29) is 28.7 Å². The van der Waals surface area contributed by atoms with E-state index in [9.17, 15) is 18.9 Å². The summed E-state index contributed by atoms with van der Waals surface area (Å²) >= 11 is 6.42. The van der Waals surface area contributed by atoms with Crippen LogP contribution in [0.5, 0.6) is 5.75 Å². The number of fused-ring (bicyclic) bond motifs is 3. The molecule has 0 aromatic heterocycles.